The highest BCUT2D eigenvalue weighted by Crippen LogP contribution is 2.24. The van der Waals surface area contributed by atoms with Crippen molar-refractivity contribution in [2.24, 2.45) is 0 Å². The predicted octanol–water partition coefficient (Wildman–Crippen LogP) is 2.25. The van der Waals surface area contributed by atoms with Crippen LogP contribution >= 0.6 is 0 Å². The van der Waals surface area contributed by atoms with Gasteiger partial charge in [0.15, 0.2) is 0 Å². The Morgan fingerprint density at radius 1 is 1.19 bits per heavy atom. The molecule has 1 aliphatic rings. The van der Waals surface area contributed by atoms with E-state index in [9.17, 15) is 18.8 Å². The second-order valence-electron chi connectivity index (χ2n) is 6.39. The molecule has 6 nitrogen and oxygen atoms in total. The monoisotopic (exact) mass is 369 g/mol. The lowest BCUT2D eigenvalue weighted by atomic mass is 10.1. The summed E-state index contributed by atoms with van der Waals surface area (Å²) in [5.41, 5.74) is 1.88. The van der Waals surface area contributed by atoms with Crippen LogP contribution in [0.2, 0.25) is 0 Å². The summed E-state index contributed by atoms with van der Waals surface area (Å²) in [6.07, 6.45) is 0.635. The highest BCUT2D eigenvalue weighted by molar-refractivity contribution is 6.22. The van der Waals surface area contributed by atoms with Crippen LogP contribution in [0.1, 0.15) is 18.9 Å². The molecule has 1 heterocycles. The summed E-state index contributed by atoms with van der Waals surface area (Å²) < 4.78 is 13.2. The van der Waals surface area contributed by atoms with E-state index in [1.165, 1.54) is 19.1 Å². The van der Waals surface area contributed by atoms with E-state index in [0.717, 1.165) is 10.5 Å². The Labute approximate surface area is 156 Å². The number of benzene rings is 2. The summed E-state index contributed by atoms with van der Waals surface area (Å²) in [7, 11) is 0. The number of halogens is 1. The van der Waals surface area contributed by atoms with Gasteiger partial charge in [-0.15, -0.1) is 0 Å². The Balaban J connectivity index is 1.60. The zero-order valence-corrected chi connectivity index (χ0v) is 14.9. The van der Waals surface area contributed by atoms with E-state index >= 15 is 0 Å². The van der Waals surface area contributed by atoms with E-state index in [2.05, 4.69) is 10.6 Å². The molecule has 0 spiro atoms. The first kappa shape index (κ1) is 18.7. The molecule has 0 aliphatic carbocycles. The fourth-order valence-corrected chi connectivity index (χ4v) is 3.04. The maximum atomic E-state index is 13.2. The quantitative estimate of drug-likeness (QED) is 0.766. The highest BCUT2D eigenvalue weighted by atomic mass is 19.1. The van der Waals surface area contributed by atoms with Crippen molar-refractivity contribution in [3.05, 3.63) is 59.9 Å². The zero-order chi connectivity index (χ0) is 19.4. The topological polar surface area (TPSA) is 78.5 Å². The van der Waals surface area contributed by atoms with Crippen molar-refractivity contribution in [1.82, 2.24) is 5.32 Å². The lowest BCUT2D eigenvalue weighted by molar-refractivity contribution is -0.121. The Kier molecular flexibility index (Phi) is 5.61. The molecule has 1 aliphatic heterocycles. The van der Waals surface area contributed by atoms with Gasteiger partial charge in [-0.25, -0.2) is 9.29 Å². The normalized spacial score (nSPS) is 16.7. The number of nitrogens with one attached hydrogen (secondary N) is 2. The van der Waals surface area contributed by atoms with Crippen molar-refractivity contribution in [2.45, 2.75) is 25.8 Å². The molecule has 0 radical (unpaired) electrons. The van der Waals surface area contributed by atoms with Crippen LogP contribution in [0.5, 0.6) is 0 Å². The van der Waals surface area contributed by atoms with Gasteiger partial charge in [-0.2, -0.15) is 0 Å². The molecule has 0 aromatic heterocycles. The molecular weight excluding hydrogens is 349 g/mol. The average molecular weight is 369 g/mol. The molecule has 0 bridgehead atoms. The van der Waals surface area contributed by atoms with Crippen molar-refractivity contribution < 1.29 is 18.8 Å². The largest absolute Gasteiger partial charge is 0.326 e. The summed E-state index contributed by atoms with van der Waals surface area (Å²) in [6.45, 7) is 1.87. The van der Waals surface area contributed by atoms with Gasteiger partial charge < -0.3 is 10.6 Å². The van der Waals surface area contributed by atoms with Crippen LogP contribution in [0.25, 0.3) is 0 Å². The van der Waals surface area contributed by atoms with Crippen molar-refractivity contribution in [2.75, 3.05) is 16.8 Å². The molecule has 1 atom stereocenters. The third-order valence-corrected chi connectivity index (χ3v) is 4.29. The molecule has 3 rings (SSSR count). The Bertz CT molecular complexity index is 867. The van der Waals surface area contributed by atoms with Gasteiger partial charge in [0, 0.05) is 12.6 Å². The number of amides is 3. The fourth-order valence-electron chi connectivity index (χ4n) is 3.04. The number of imide groups is 1. The van der Waals surface area contributed by atoms with Gasteiger partial charge in [0.2, 0.25) is 11.8 Å². The second-order valence-corrected chi connectivity index (χ2v) is 6.39. The number of hydrogen-bond donors (Lipinski definition) is 2. The van der Waals surface area contributed by atoms with E-state index in [1.807, 2.05) is 6.07 Å². The molecule has 1 saturated heterocycles. The minimum absolute atomic E-state index is 0.0788. The van der Waals surface area contributed by atoms with Crippen LogP contribution in [0.4, 0.5) is 15.8 Å². The summed E-state index contributed by atoms with van der Waals surface area (Å²) in [5, 5.41) is 5.71. The molecule has 1 fully saturated rings. The minimum Gasteiger partial charge on any atom is -0.326 e. The standard InChI is InChI=1S/C20H20FN3O3/c1-13(25)23-16-5-7-17(8-6-16)24-19(26)12-18(20(24)27)22-10-9-14-3-2-4-15(21)11-14/h2-8,11,18,22H,9-10,12H2,1H3,(H,23,25). The van der Waals surface area contributed by atoms with Crippen LogP contribution in [0.3, 0.4) is 0 Å². The van der Waals surface area contributed by atoms with Gasteiger partial charge in [-0.1, -0.05) is 12.1 Å². The molecule has 2 N–H and O–H groups in total. The van der Waals surface area contributed by atoms with Crippen molar-refractivity contribution in [3.63, 3.8) is 0 Å². The van der Waals surface area contributed by atoms with E-state index in [-0.39, 0.29) is 30.0 Å². The Morgan fingerprint density at radius 3 is 2.59 bits per heavy atom. The number of nitrogens with zero attached hydrogens (tertiary/aromatic N) is 1. The van der Waals surface area contributed by atoms with E-state index < -0.39 is 6.04 Å². The number of carbonyl (C=O) groups is 3. The first-order chi connectivity index (χ1) is 12.9. The molecular formula is C20H20FN3O3. The summed E-state index contributed by atoms with van der Waals surface area (Å²) in [5.74, 6) is -1.09. The number of carbonyl (C=O) groups excluding carboxylic acids is 3. The second kappa shape index (κ2) is 8.09. The Morgan fingerprint density at radius 2 is 1.93 bits per heavy atom. The van der Waals surface area contributed by atoms with Gasteiger partial charge in [-0.05, 0) is 54.9 Å². The number of rotatable bonds is 6. The number of anilines is 2. The first-order valence-electron chi connectivity index (χ1n) is 8.66. The third kappa shape index (κ3) is 4.57. The van der Waals surface area contributed by atoms with Gasteiger partial charge in [-0.3, -0.25) is 14.4 Å². The molecule has 1 unspecified atom stereocenters. The lowest BCUT2D eigenvalue weighted by Gasteiger charge is -2.16. The van der Waals surface area contributed by atoms with Crippen LogP contribution < -0.4 is 15.5 Å². The van der Waals surface area contributed by atoms with Gasteiger partial charge >= 0.3 is 0 Å². The van der Waals surface area contributed by atoms with Gasteiger partial charge in [0.05, 0.1) is 18.2 Å². The highest BCUT2D eigenvalue weighted by Gasteiger charge is 2.39. The summed E-state index contributed by atoms with van der Waals surface area (Å²) in [4.78, 5) is 37.1. The van der Waals surface area contributed by atoms with Crippen LogP contribution in [0.15, 0.2) is 48.5 Å². The van der Waals surface area contributed by atoms with Crippen molar-refractivity contribution in [3.8, 4) is 0 Å². The van der Waals surface area contributed by atoms with Crippen molar-refractivity contribution >= 4 is 29.1 Å². The summed E-state index contributed by atoms with van der Waals surface area (Å²) in [6, 6.07) is 12.2. The zero-order valence-electron chi connectivity index (χ0n) is 14.9. The van der Waals surface area contributed by atoms with Gasteiger partial charge in [0.1, 0.15) is 5.82 Å². The van der Waals surface area contributed by atoms with Crippen LogP contribution in [0, 0.1) is 5.82 Å². The Hall–Kier alpha value is -3.06. The average Bonchev–Trinajstić information content (AvgIpc) is 2.89. The molecule has 2 aromatic carbocycles. The van der Waals surface area contributed by atoms with E-state index in [1.54, 1.807) is 30.3 Å². The number of hydrogen-bond acceptors (Lipinski definition) is 4. The van der Waals surface area contributed by atoms with Crippen LogP contribution in [-0.2, 0) is 20.8 Å². The third-order valence-electron chi connectivity index (χ3n) is 4.29. The maximum absolute atomic E-state index is 13.2. The maximum Gasteiger partial charge on any atom is 0.251 e. The fraction of sp³-hybridized carbons (Fsp3) is 0.250. The first-order valence-corrected chi connectivity index (χ1v) is 8.66. The smallest absolute Gasteiger partial charge is 0.251 e. The molecule has 0 saturated carbocycles. The minimum atomic E-state index is -0.596. The molecule has 2 aromatic rings. The lowest BCUT2D eigenvalue weighted by Crippen LogP contribution is -2.39. The molecule has 140 valence electrons. The SMILES string of the molecule is CC(=O)Nc1ccc(N2C(=O)CC(NCCc3cccc(F)c3)C2=O)cc1. The summed E-state index contributed by atoms with van der Waals surface area (Å²) >= 11 is 0. The van der Waals surface area contributed by atoms with Crippen LogP contribution in [-0.4, -0.2) is 30.3 Å². The molecule has 3 amide bonds. The predicted molar refractivity (Wildman–Crippen MR) is 99.8 cm³/mol. The van der Waals surface area contributed by atoms with E-state index in [0.29, 0.717) is 24.3 Å². The molecule has 7 heteroatoms. The van der Waals surface area contributed by atoms with Crippen molar-refractivity contribution in [1.29, 1.82) is 0 Å². The van der Waals surface area contributed by atoms with Gasteiger partial charge in [0.25, 0.3) is 5.91 Å². The molecule has 27 heavy (non-hydrogen) atoms. The van der Waals surface area contributed by atoms with E-state index in [4.69, 9.17) is 0 Å².